The maximum atomic E-state index is 12.9. The number of urea groups is 1. The Hall–Kier alpha value is -4.58. The van der Waals surface area contributed by atoms with E-state index in [1.807, 2.05) is 37.3 Å². The van der Waals surface area contributed by atoms with Crippen LogP contribution in [-0.2, 0) is 0 Å². The molecular formula is C33H33F3N6O2S. The number of anilines is 1. The summed E-state index contributed by atoms with van der Waals surface area (Å²) in [4.78, 5) is 23.8. The van der Waals surface area contributed by atoms with Crippen molar-refractivity contribution >= 4 is 34.2 Å². The molecule has 8 nitrogen and oxygen atoms in total. The minimum Gasteiger partial charge on any atom is -0.406 e. The van der Waals surface area contributed by atoms with Crippen LogP contribution in [0.15, 0.2) is 84.2 Å². The molecule has 234 valence electrons. The maximum absolute atomic E-state index is 12.9. The third kappa shape index (κ3) is 7.93. The quantitative estimate of drug-likeness (QED) is 0.220. The number of halogens is 3. The molecule has 2 amide bonds. The molecule has 1 N–H and O–H groups in total. The van der Waals surface area contributed by atoms with Crippen LogP contribution < -0.4 is 15.0 Å². The number of aromatic nitrogens is 3. The number of carbonyl (C=O) groups excluding carboxylic acids is 1. The number of thioether (sulfide) groups is 1. The minimum absolute atomic E-state index is 0.313. The van der Waals surface area contributed by atoms with Crippen LogP contribution in [0.2, 0.25) is 0 Å². The molecule has 1 fully saturated rings. The van der Waals surface area contributed by atoms with Crippen LogP contribution in [0.1, 0.15) is 49.8 Å². The third-order valence-corrected chi connectivity index (χ3v) is 8.25. The number of aliphatic imine (C=N–C) groups is 1. The van der Waals surface area contributed by atoms with E-state index in [9.17, 15) is 18.0 Å². The number of allylic oxidation sites excluding steroid dienone is 1. The Bertz CT molecular complexity index is 1710. The van der Waals surface area contributed by atoms with Gasteiger partial charge in [-0.15, -0.1) is 18.3 Å². The number of benzene rings is 3. The molecule has 1 saturated heterocycles. The lowest BCUT2D eigenvalue weighted by Gasteiger charge is -2.32. The molecule has 0 aliphatic carbocycles. The zero-order valence-electron chi connectivity index (χ0n) is 25.3. The van der Waals surface area contributed by atoms with Crippen molar-refractivity contribution in [3.8, 4) is 22.8 Å². The van der Waals surface area contributed by atoms with E-state index in [-0.39, 0.29) is 5.75 Å². The molecule has 1 aromatic heterocycles. The Morgan fingerprint density at radius 1 is 1.09 bits per heavy atom. The number of nitrogens with zero attached hydrogens (tertiary/aromatic N) is 5. The summed E-state index contributed by atoms with van der Waals surface area (Å²) < 4.78 is 42.7. The normalized spacial score (nSPS) is 15.1. The predicted octanol–water partition coefficient (Wildman–Crippen LogP) is 8.33. The van der Waals surface area contributed by atoms with E-state index in [0.29, 0.717) is 22.6 Å². The highest BCUT2D eigenvalue weighted by atomic mass is 32.2. The summed E-state index contributed by atoms with van der Waals surface area (Å²) >= 11 is 1.59. The van der Waals surface area contributed by atoms with Crippen molar-refractivity contribution in [2.45, 2.75) is 46.4 Å². The van der Waals surface area contributed by atoms with Crippen LogP contribution >= 0.6 is 11.8 Å². The number of carbonyl (C=O) groups is 1. The summed E-state index contributed by atoms with van der Waals surface area (Å²) in [7, 11) is 0. The van der Waals surface area contributed by atoms with Crippen LogP contribution in [0.25, 0.3) is 22.6 Å². The zero-order chi connectivity index (χ0) is 32.1. The van der Waals surface area contributed by atoms with Gasteiger partial charge in [0.15, 0.2) is 11.0 Å². The highest BCUT2D eigenvalue weighted by Gasteiger charge is 2.31. The fourth-order valence-corrected chi connectivity index (χ4v) is 6.05. The van der Waals surface area contributed by atoms with Gasteiger partial charge in [-0.2, -0.15) is 4.99 Å². The van der Waals surface area contributed by atoms with Gasteiger partial charge in [-0.25, -0.2) is 14.5 Å². The van der Waals surface area contributed by atoms with Gasteiger partial charge >= 0.3 is 12.4 Å². The fraction of sp³-hybridized carbons (Fsp3) is 0.273. The molecular weight excluding hydrogens is 601 g/mol. The van der Waals surface area contributed by atoms with Crippen LogP contribution in [0, 0.1) is 6.92 Å². The number of amidine groups is 1. The van der Waals surface area contributed by atoms with E-state index in [1.54, 1.807) is 18.0 Å². The second kappa shape index (κ2) is 13.6. The summed E-state index contributed by atoms with van der Waals surface area (Å²) in [5.41, 5.74) is 6.61. The molecule has 3 aromatic carbocycles. The number of amides is 2. The van der Waals surface area contributed by atoms with Gasteiger partial charge in [0.05, 0.1) is 5.69 Å². The van der Waals surface area contributed by atoms with E-state index < -0.39 is 12.4 Å². The molecule has 0 radical (unpaired) electrons. The standard InChI is InChI=1S/C33H33F3N6O2S/c1-21(2)29-22(3)7-5-8-28(29)41-17-6-18-45-32(41)39-31(43)37-19-23(4)24-9-11-25(12-10-24)30-38-20-42(40-30)26-13-15-27(16-14-26)44-33(34,35)36/h5,7-16,19-21H,6,17-18H2,1-4H3,(H,37,43)/b23-19+,39-32?. The first-order chi connectivity index (χ1) is 21.5. The second-order valence-electron chi connectivity index (χ2n) is 10.8. The molecule has 0 saturated carbocycles. The highest BCUT2D eigenvalue weighted by Crippen LogP contribution is 2.34. The van der Waals surface area contributed by atoms with Gasteiger partial charge in [0, 0.05) is 29.7 Å². The van der Waals surface area contributed by atoms with E-state index in [2.05, 4.69) is 62.9 Å². The van der Waals surface area contributed by atoms with E-state index in [4.69, 9.17) is 0 Å². The maximum Gasteiger partial charge on any atom is 0.573 e. The topological polar surface area (TPSA) is 84.6 Å². The van der Waals surface area contributed by atoms with Crippen molar-refractivity contribution < 1.29 is 22.7 Å². The molecule has 0 spiro atoms. The lowest BCUT2D eigenvalue weighted by molar-refractivity contribution is -0.274. The number of alkyl halides is 3. The average Bonchev–Trinajstić information content (AvgIpc) is 3.50. The molecule has 1 aliphatic rings. The van der Waals surface area contributed by atoms with Crippen molar-refractivity contribution in [1.29, 1.82) is 0 Å². The van der Waals surface area contributed by atoms with Gasteiger partial charge in [0.2, 0.25) is 0 Å². The molecule has 0 bridgehead atoms. The Morgan fingerprint density at radius 2 is 1.82 bits per heavy atom. The number of ether oxygens (including phenoxy) is 1. The molecule has 4 aromatic rings. The summed E-state index contributed by atoms with van der Waals surface area (Å²) in [6.07, 6.45) is -0.614. The van der Waals surface area contributed by atoms with Crippen LogP contribution in [0.3, 0.4) is 0 Å². The summed E-state index contributed by atoms with van der Waals surface area (Å²) in [5, 5.41) is 7.94. The molecule has 0 unspecified atom stereocenters. The first kappa shape index (κ1) is 31.8. The molecule has 45 heavy (non-hydrogen) atoms. The van der Waals surface area contributed by atoms with Crippen molar-refractivity contribution in [2.24, 2.45) is 4.99 Å². The smallest absolute Gasteiger partial charge is 0.406 e. The lowest BCUT2D eigenvalue weighted by Crippen LogP contribution is -2.36. The predicted molar refractivity (Wildman–Crippen MR) is 173 cm³/mol. The Balaban J connectivity index is 1.24. The first-order valence-electron chi connectivity index (χ1n) is 14.4. The van der Waals surface area contributed by atoms with Gasteiger partial charge < -0.3 is 15.0 Å². The number of nitrogens with one attached hydrogen (secondary N) is 1. The van der Waals surface area contributed by atoms with Gasteiger partial charge in [-0.1, -0.05) is 62.0 Å². The van der Waals surface area contributed by atoms with Crippen LogP contribution in [0.4, 0.5) is 23.7 Å². The van der Waals surface area contributed by atoms with Crippen molar-refractivity contribution in [1.82, 2.24) is 20.1 Å². The van der Waals surface area contributed by atoms with Crippen LogP contribution in [0.5, 0.6) is 5.75 Å². The number of hydrogen-bond donors (Lipinski definition) is 1. The first-order valence-corrected chi connectivity index (χ1v) is 15.4. The number of aryl methyl sites for hydroxylation is 1. The Morgan fingerprint density at radius 3 is 2.51 bits per heavy atom. The van der Waals surface area contributed by atoms with E-state index in [1.165, 1.54) is 46.4 Å². The van der Waals surface area contributed by atoms with Crippen LogP contribution in [-0.4, -0.2) is 44.6 Å². The van der Waals surface area contributed by atoms with Gasteiger partial charge in [0.25, 0.3) is 0 Å². The molecule has 12 heteroatoms. The fourth-order valence-electron chi connectivity index (χ4n) is 5.10. The molecule has 5 rings (SSSR count). The van der Waals surface area contributed by atoms with Crippen molar-refractivity contribution in [3.05, 3.63) is 95.9 Å². The summed E-state index contributed by atoms with van der Waals surface area (Å²) in [6.45, 7) is 9.17. The SMILES string of the molecule is C/C(=C\NC(=O)N=C1SCCCN1c1cccc(C)c1C(C)C)c1ccc(-c2ncn(-c3ccc(OC(F)(F)F)cc3)n2)cc1. The largest absolute Gasteiger partial charge is 0.573 e. The Kier molecular flexibility index (Phi) is 9.62. The van der Waals surface area contributed by atoms with Gasteiger partial charge in [0.1, 0.15) is 12.1 Å². The number of rotatable bonds is 7. The third-order valence-electron chi connectivity index (χ3n) is 7.19. The van der Waals surface area contributed by atoms with Crippen molar-refractivity contribution in [2.75, 3.05) is 17.2 Å². The zero-order valence-corrected chi connectivity index (χ0v) is 26.1. The van der Waals surface area contributed by atoms with E-state index in [0.717, 1.165) is 41.1 Å². The number of hydrogen-bond acceptors (Lipinski definition) is 5. The summed E-state index contributed by atoms with van der Waals surface area (Å²) in [6, 6.07) is 18.7. The van der Waals surface area contributed by atoms with Gasteiger partial charge in [-0.3, -0.25) is 0 Å². The lowest BCUT2D eigenvalue weighted by atomic mass is 9.95. The van der Waals surface area contributed by atoms with E-state index >= 15 is 0 Å². The monoisotopic (exact) mass is 634 g/mol. The minimum atomic E-state index is -4.75. The summed E-state index contributed by atoms with van der Waals surface area (Å²) in [5.74, 6) is 1.38. The average molecular weight is 635 g/mol. The second-order valence-corrected chi connectivity index (χ2v) is 11.9. The highest BCUT2D eigenvalue weighted by molar-refractivity contribution is 8.14. The molecule has 2 heterocycles. The Labute approximate surface area is 264 Å². The molecule has 1 aliphatic heterocycles. The molecule has 0 atom stereocenters. The van der Waals surface area contributed by atoms with Crippen molar-refractivity contribution in [3.63, 3.8) is 0 Å². The van der Waals surface area contributed by atoms with Gasteiger partial charge in [-0.05, 0) is 78.8 Å².